The van der Waals surface area contributed by atoms with E-state index in [0.717, 1.165) is 35.2 Å². The van der Waals surface area contributed by atoms with Crippen LogP contribution >= 0.6 is 0 Å². The average molecular weight is 217 g/mol. The number of fused-ring (bicyclic) bond motifs is 1. The zero-order valence-corrected chi connectivity index (χ0v) is 9.78. The molecule has 2 aromatic rings. The molecule has 0 aliphatic rings. The van der Waals surface area contributed by atoms with Gasteiger partial charge in [0.05, 0.1) is 12.6 Å². The van der Waals surface area contributed by atoms with Gasteiger partial charge >= 0.3 is 0 Å². The molecule has 16 heavy (non-hydrogen) atoms. The predicted molar refractivity (Wildman–Crippen MR) is 64.8 cm³/mol. The van der Waals surface area contributed by atoms with Gasteiger partial charge in [0, 0.05) is 11.1 Å². The standard InChI is InChI=1S/C13H15NO2/c1-4-11-9(2)14(8-15)13-6-5-10(16-3)7-12(11)13/h5-8H,4H2,1-3H3. The molecule has 0 amide bonds. The Morgan fingerprint density at radius 1 is 1.44 bits per heavy atom. The molecule has 0 saturated carbocycles. The first kappa shape index (κ1) is 10.7. The maximum absolute atomic E-state index is 11.1. The summed E-state index contributed by atoms with van der Waals surface area (Å²) in [5.41, 5.74) is 3.17. The van der Waals surface area contributed by atoms with E-state index in [2.05, 4.69) is 6.92 Å². The van der Waals surface area contributed by atoms with Crippen LogP contribution in [0, 0.1) is 6.92 Å². The number of carbonyl (C=O) groups is 1. The Kier molecular flexibility index (Phi) is 2.69. The summed E-state index contributed by atoms with van der Waals surface area (Å²) >= 11 is 0. The number of hydrogen-bond acceptors (Lipinski definition) is 2. The molecule has 2 rings (SSSR count). The smallest absolute Gasteiger partial charge is 0.218 e. The van der Waals surface area contributed by atoms with Crippen LogP contribution in [-0.4, -0.2) is 18.1 Å². The molecule has 0 radical (unpaired) electrons. The van der Waals surface area contributed by atoms with Crippen molar-refractivity contribution in [1.82, 2.24) is 4.57 Å². The lowest BCUT2D eigenvalue weighted by molar-refractivity contribution is 0.415. The number of benzene rings is 1. The number of aryl methyl sites for hydroxylation is 1. The van der Waals surface area contributed by atoms with Crippen molar-refractivity contribution in [2.75, 3.05) is 7.11 Å². The lowest BCUT2D eigenvalue weighted by Gasteiger charge is -2.00. The Bertz CT molecular complexity index is 540. The summed E-state index contributed by atoms with van der Waals surface area (Å²) in [5.74, 6) is 0.824. The average Bonchev–Trinajstić information content (AvgIpc) is 2.59. The molecule has 1 aromatic carbocycles. The molecule has 1 heterocycles. The van der Waals surface area contributed by atoms with E-state index in [4.69, 9.17) is 4.74 Å². The number of rotatable bonds is 3. The second kappa shape index (κ2) is 4.00. The van der Waals surface area contributed by atoms with Gasteiger partial charge in [-0.15, -0.1) is 0 Å². The van der Waals surface area contributed by atoms with Gasteiger partial charge in [-0.05, 0) is 37.1 Å². The zero-order chi connectivity index (χ0) is 11.7. The summed E-state index contributed by atoms with van der Waals surface area (Å²) in [6, 6.07) is 5.79. The van der Waals surface area contributed by atoms with E-state index in [1.807, 2.05) is 25.1 Å². The Morgan fingerprint density at radius 3 is 2.75 bits per heavy atom. The molecule has 0 saturated heterocycles. The third-order valence-electron chi connectivity index (χ3n) is 3.05. The largest absolute Gasteiger partial charge is 0.497 e. The molecule has 0 atom stereocenters. The highest BCUT2D eigenvalue weighted by molar-refractivity contribution is 5.91. The van der Waals surface area contributed by atoms with Gasteiger partial charge in [0.2, 0.25) is 6.41 Å². The summed E-state index contributed by atoms with van der Waals surface area (Å²) in [6.45, 7) is 4.07. The highest BCUT2D eigenvalue weighted by Crippen LogP contribution is 2.28. The van der Waals surface area contributed by atoms with Crippen LogP contribution in [0.4, 0.5) is 0 Å². The molecule has 0 aliphatic heterocycles. The second-order valence-electron chi connectivity index (χ2n) is 3.78. The molecule has 0 fully saturated rings. The van der Waals surface area contributed by atoms with Gasteiger partial charge in [-0.25, -0.2) is 0 Å². The first-order chi connectivity index (χ1) is 7.72. The summed E-state index contributed by atoms with van der Waals surface area (Å²) < 4.78 is 6.90. The Hall–Kier alpha value is -1.77. The van der Waals surface area contributed by atoms with E-state index >= 15 is 0 Å². The van der Waals surface area contributed by atoms with E-state index in [1.165, 1.54) is 5.56 Å². The van der Waals surface area contributed by atoms with Crippen molar-refractivity contribution >= 4 is 17.3 Å². The van der Waals surface area contributed by atoms with Crippen LogP contribution in [0.25, 0.3) is 10.9 Å². The summed E-state index contributed by atoms with van der Waals surface area (Å²) in [7, 11) is 1.65. The van der Waals surface area contributed by atoms with Crippen LogP contribution in [-0.2, 0) is 11.2 Å². The Morgan fingerprint density at radius 2 is 2.19 bits per heavy atom. The van der Waals surface area contributed by atoms with Gasteiger partial charge in [0.1, 0.15) is 5.75 Å². The fourth-order valence-corrected chi connectivity index (χ4v) is 2.20. The van der Waals surface area contributed by atoms with Gasteiger partial charge in [-0.3, -0.25) is 9.36 Å². The van der Waals surface area contributed by atoms with Gasteiger partial charge in [-0.1, -0.05) is 6.92 Å². The van der Waals surface area contributed by atoms with Crippen molar-refractivity contribution in [3.8, 4) is 5.75 Å². The molecule has 84 valence electrons. The normalized spacial score (nSPS) is 10.7. The fourth-order valence-electron chi connectivity index (χ4n) is 2.20. The molecule has 0 spiro atoms. The van der Waals surface area contributed by atoms with Crippen molar-refractivity contribution in [3.05, 3.63) is 29.5 Å². The summed E-state index contributed by atoms with van der Waals surface area (Å²) in [4.78, 5) is 11.1. The zero-order valence-electron chi connectivity index (χ0n) is 9.78. The third kappa shape index (κ3) is 1.40. The monoisotopic (exact) mass is 217 g/mol. The van der Waals surface area contributed by atoms with E-state index in [-0.39, 0.29) is 0 Å². The van der Waals surface area contributed by atoms with Crippen LogP contribution in [0.15, 0.2) is 18.2 Å². The lowest BCUT2D eigenvalue weighted by atomic mass is 10.1. The first-order valence-corrected chi connectivity index (χ1v) is 5.35. The minimum absolute atomic E-state index is 0.824. The highest BCUT2D eigenvalue weighted by Gasteiger charge is 2.12. The Labute approximate surface area is 94.6 Å². The molecule has 3 heteroatoms. The van der Waals surface area contributed by atoms with Crippen LogP contribution in [0.5, 0.6) is 5.75 Å². The third-order valence-corrected chi connectivity index (χ3v) is 3.05. The number of aromatic nitrogens is 1. The number of methoxy groups -OCH3 is 1. The highest BCUT2D eigenvalue weighted by atomic mass is 16.5. The lowest BCUT2D eigenvalue weighted by Crippen LogP contribution is -1.97. The quantitative estimate of drug-likeness (QED) is 0.740. The van der Waals surface area contributed by atoms with Crippen molar-refractivity contribution < 1.29 is 9.53 Å². The van der Waals surface area contributed by atoms with Crippen molar-refractivity contribution in [2.24, 2.45) is 0 Å². The minimum atomic E-state index is 0.824. The van der Waals surface area contributed by atoms with Crippen LogP contribution in [0.2, 0.25) is 0 Å². The summed E-state index contributed by atoms with van der Waals surface area (Å²) in [5, 5.41) is 1.10. The van der Waals surface area contributed by atoms with Gasteiger partial charge < -0.3 is 4.74 Å². The molecule has 0 unspecified atom stereocenters. The first-order valence-electron chi connectivity index (χ1n) is 5.35. The second-order valence-corrected chi connectivity index (χ2v) is 3.78. The SMILES string of the molecule is CCc1c(C)n(C=O)c2ccc(OC)cc12. The van der Waals surface area contributed by atoms with E-state index in [0.29, 0.717) is 0 Å². The number of nitrogens with zero attached hydrogens (tertiary/aromatic N) is 1. The van der Waals surface area contributed by atoms with Gasteiger partial charge in [0.15, 0.2) is 0 Å². The maximum Gasteiger partial charge on any atom is 0.218 e. The topological polar surface area (TPSA) is 31.2 Å². The van der Waals surface area contributed by atoms with E-state index in [9.17, 15) is 4.79 Å². The number of ether oxygens (including phenoxy) is 1. The van der Waals surface area contributed by atoms with Crippen molar-refractivity contribution in [1.29, 1.82) is 0 Å². The molecular formula is C13H15NO2. The molecule has 0 aliphatic carbocycles. The fraction of sp³-hybridized carbons (Fsp3) is 0.308. The van der Waals surface area contributed by atoms with Crippen molar-refractivity contribution in [3.63, 3.8) is 0 Å². The van der Waals surface area contributed by atoms with E-state index < -0.39 is 0 Å². The van der Waals surface area contributed by atoms with Gasteiger partial charge in [-0.2, -0.15) is 0 Å². The molecule has 0 N–H and O–H groups in total. The molecule has 1 aromatic heterocycles. The van der Waals surface area contributed by atoms with Crippen LogP contribution < -0.4 is 4.74 Å². The van der Waals surface area contributed by atoms with E-state index in [1.54, 1.807) is 11.7 Å². The molecular weight excluding hydrogens is 202 g/mol. The maximum atomic E-state index is 11.1. The minimum Gasteiger partial charge on any atom is -0.497 e. The molecule has 3 nitrogen and oxygen atoms in total. The predicted octanol–water partition coefficient (Wildman–Crippen LogP) is 2.56. The van der Waals surface area contributed by atoms with Crippen LogP contribution in [0.3, 0.4) is 0 Å². The molecule has 0 bridgehead atoms. The Balaban J connectivity index is 2.83. The number of hydrogen-bond donors (Lipinski definition) is 0. The van der Waals surface area contributed by atoms with Crippen LogP contribution in [0.1, 0.15) is 18.2 Å². The summed E-state index contributed by atoms with van der Waals surface area (Å²) in [6.07, 6.45) is 1.78. The number of carbonyl (C=O) groups excluding carboxylic acids is 1. The van der Waals surface area contributed by atoms with Crippen molar-refractivity contribution in [2.45, 2.75) is 20.3 Å². The van der Waals surface area contributed by atoms with Gasteiger partial charge in [0.25, 0.3) is 0 Å².